The molecule has 2 heterocycles. The van der Waals surface area contributed by atoms with Crippen molar-refractivity contribution >= 4 is 5.91 Å². The van der Waals surface area contributed by atoms with Gasteiger partial charge < -0.3 is 19.1 Å². The first-order valence-electron chi connectivity index (χ1n) is 8.10. The minimum atomic E-state index is -0.243. The minimum Gasteiger partial charge on any atom is -0.474 e. The predicted molar refractivity (Wildman–Crippen MR) is 84.2 cm³/mol. The van der Waals surface area contributed by atoms with E-state index in [0.717, 1.165) is 32.2 Å². The zero-order chi connectivity index (χ0) is 16.3. The van der Waals surface area contributed by atoms with Crippen LogP contribution < -0.4 is 4.74 Å². The lowest BCUT2D eigenvalue weighted by atomic mass is 9.79. The van der Waals surface area contributed by atoms with Gasteiger partial charge in [0.2, 0.25) is 11.8 Å². The number of nitrogens with zero attached hydrogens (tertiary/aromatic N) is 2. The van der Waals surface area contributed by atoms with Crippen molar-refractivity contribution in [3.8, 4) is 5.88 Å². The first-order chi connectivity index (χ1) is 11.2. The summed E-state index contributed by atoms with van der Waals surface area (Å²) in [5.41, 5.74) is -0.243. The molecule has 0 spiro atoms. The fourth-order valence-corrected chi connectivity index (χ4v) is 3.86. The highest BCUT2D eigenvalue weighted by atomic mass is 16.5. The topological polar surface area (TPSA) is 60.9 Å². The Kier molecular flexibility index (Phi) is 4.82. The number of methoxy groups -OCH3 is 2. The molecule has 1 saturated carbocycles. The van der Waals surface area contributed by atoms with Crippen LogP contribution in [0, 0.1) is 0 Å². The molecule has 3 rings (SSSR count). The minimum absolute atomic E-state index is 0.0231. The molecule has 0 unspecified atom stereocenters. The summed E-state index contributed by atoms with van der Waals surface area (Å²) < 4.78 is 16.9. The summed E-state index contributed by atoms with van der Waals surface area (Å²) in [5, 5.41) is 0. The van der Waals surface area contributed by atoms with Crippen molar-refractivity contribution in [1.29, 1.82) is 0 Å². The lowest BCUT2D eigenvalue weighted by Gasteiger charge is -2.43. The van der Waals surface area contributed by atoms with Crippen LogP contribution in [0.25, 0.3) is 0 Å². The van der Waals surface area contributed by atoms with Crippen LogP contribution in [0.4, 0.5) is 0 Å². The average Bonchev–Trinajstić information content (AvgIpc) is 2.95. The van der Waals surface area contributed by atoms with Gasteiger partial charge in [-0.1, -0.05) is 6.07 Å². The number of pyridine rings is 1. The van der Waals surface area contributed by atoms with Crippen LogP contribution in [0.1, 0.15) is 25.7 Å². The summed E-state index contributed by atoms with van der Waals surface area (Å²) in [6, 6.07) is 5.68. The molecule has 1 aliphatic carbocycles. The van der Waals surface area contributed by atoms with Crippen molar-refractivity contribution in [1.82, 2.24) is 9.88 Å². The number of carbonyl (C=O) groups excluding carboxylic acids is 1. The average molecular weight is 320 g/mol. The van der Waals surface area contributed by atoms with Crippen LogP contribution in [0.5, 0.6) is 5.88 Å². The molecule has 2 aliphatic rings. The van der Waals surface area contributed by atoms with Gasteiger partial charge in [-0.25, -0.2) is 4.98 Å². The van der Waals surface area contributed by atoms with E-state index in [9.17, 15) is 4.79 Å². The van der Waals surface area contributed by atoms with Crippen LogP contribution in [0.15, 0.2) is 24.4 Å². The first kappa shape index (κ1) is 16.2. The number of hydrogen-bond acceptors (Lipinski definition) is 5. The lowest BCUT2D eigenvalue weighted by molar-refractivity contribution is -0.143. The van der Waals surface area contributed by atoms with Crippen molar-refractivity contribution in [3.05, 3.63) is 24.4 Å². The Balaban J connectivity index is 1.72. The Labute approximate surface area is 136 Å². The van der Waals surface area contributed by atoms with Crippen molar-refractivity contribution in [3.63, 3.8) is 0 Å². The number of carbonyl (C=O) groups is 1. The molecule has 6 heteroatoms. The summed E-state index contributed by atoms with van der Waals surface area (Å²) in [6.45, 7) is 0.832. The monoisotopic (exact) mass is 320 g/mol. The second kappa shape index (κ2) is 6.84. The summed E-state index contributed by atoms with van der Waals surface area (Å²) >= 11 is 0. The highest BCUT2D eigenvalue weighted by Crippen LogP contribution is 2.43. The standard InChI is InChI=1S/C17H24N2O4/c1-21-12-16(20)19-10-8-17(22-2)7-6-13(11-14(17)19)23-15-5-3-4-9-18-15/h3-5,9,13-14H,6-8,10-12H2,1-2H3/t13-,14+,17-/m1/s1. The molecule has 0 N–H and O–H groups in total. The third-order valence-corrected chi connectivity index (χ3v) is 5.05. The number of hydrogen-bond donors (Lipinski definition) is 0. The third kappa shape index (κ3) is 3.19. The molecule has 1 saturated heterocycles. The van der Waals surface area contributed by atoms with Gasteiger partial charge in [0.15, 0.2) is 0 Å². The van der Waals surface area contributed by atoms with Crippen LogP contribution in [-0.4, -0.2) is 60.9 Å². The van der Waals surface area contributed by atoms with Gasteiger partial charge in [0.05, 0.1) is 11.6 Å². The Morgan fingerprint density at radius 2 is 2.26 bits per heavy atom. The molecule has 1 aromatic heterocycles. The summed E-state index contributed by atoms with van der Waals surface area (Å²) in [6.07, 6.45) is 5.21. The predicted octanol–water partition coefficient (Wildman–Crippen LogP) is 1.65. The maximum Gasteiger partial charge on any atom is 0.248 e. The normalized spacial score (nSPS) is 30.1. The fraction of sp³-hybridized carbons (Fsp3) is 0.647. The Morgan fingerprint density at radius 1 is 1.39 bits per heavy atom. The van der Waals surface area contributed by atoms with Gasteiger partial charge in [0.1, 0.15) is 12.7 Å². The molecule has 3 atom stereocenters. The molecule has 6 nitrogen and oxygen atoms in total. The highest BCUT2D eigenvalue weighted by Gasteiger charge is 2.52. The second-order valence-corrected chi connectivity index (χ2v) is 6.24. The Hall–Kier alpha value is -1.66. The first-order valence-corrected chi connectivity index (χ1v) is 8.10. The molecular weight excluding hydrogens is 296 g/mol. The molecule has 0 bridgehead atoms. The largest absolute Gasteiger partial charge is 0.474 e. The maximum absolute atomic E-state index is 12.3. The molecule has 0 radical (unpaired) electrons. The van der Waals surface area contributed by atoms with E-state index >= 15 is 0 Å². The van der Waals surface area contributed by atoms with Gasteiger partial charge >= 0.3 is 0 Å². The van der Waals surface area contributed by atoms with E-state index in [1.807, 2.05) is 23.1 Å². The third-order valence-electron chi connectivity index (χ3n) is 5.05. The van der Waals surface area contributed by atoms with E-state index in [2.05, 4.69) is 4.98 Å². The van der Waals surface area contributed by atoms with E-state index in [4.69, 9.17) is 14.2 Å². The van der Waals surface area contributed by atoms with E-state index < -0.39 is 0 Å². The lowest BCUT2D eigenvalue weighted by Crippen LogP contribution is -2.54. The number of ether oxygens (including phenoxy) is 3. The maximum atomic E-state index is 12.3. The Morgan fingerprint density at radius 3 is 2.96 bits per heavy atom. The molecular formula is C17H24N2O4. The van der Waals surface area contributed by atoms with Gasteiger partial charge in [-0.15, -0.1) is 0 Å². The van der Waals surface area contributed by atoms with Gasteiger partial charge in [-0.3, -0.25) is 4.79 Å². The molecule has 2 fully saturated rings. The summed E-state index contributed by atoms with van der Waals surface area (Å²) in [7, 11) is 3.29. The van der Waals surface area contributed by atoms with Crippen LogP contribution in [0.2, 0.25) is 0 Å². The van der Waals surface area contributed by atoms with Crippen LogP contribution in [-0.2, 0) is 14.3 Å². The van der Waals surface area contributed by atoms with E-state index in [1.165, 1.54) is 0 Å². The van der Waals surface area contributed by atoms with E-state index in [1.54, 1.807) is 20.4 Å². The number of rotatable bonds is 5. The summed E-state index contributed by atoms with van der Waals surface area (Å²) in [4.78, 5) is 18.4. The molecule has 1 aliphatic heterocycles. The molecule has 1 amide bonds. The van der Waals surface area contributed by atoms with Crippen LogP contribution in [0.3, 0.4) is 0 Å². The molecule has 1 aromatic rings. The molecule has 23 heavy (non-hydrogen) atoms. The Bertz CT molecular complexity index is 539. The zero-order valence-corrected chi connectivity index (χ0v) is 13.7. The smallest absolute Gasteiger partial charge is 0.248 e. The van der Waals surface area contributed by atoms with Gasteiger partial charge in [-0.2, -0.15) is 0 Å². The molecule has 126 valence electrons. The second-order valence-electron chi connectivity index (χ2n) is 6.24. The zero-order valence-electron chi connectivity index (χ0n) is 13.7. The van der Waals surface area contributed by atoms with Crippen molar-refractivity contribution in [2.75, 3.05) is 27.4 Å². The van der Waals surface area contributed by atoms with Gasteiger partial charge in [-0.05, 0) is 25.3 Å². The quantitative estimate of drug-likeness (QED) is 0.825. The molecule has 0 aromatic carbocycles. The van der Waals surface area contributed by atoms with E-state index in [0.29, 0.717) is 5.88 Å². The van der Waals surface area contributed by atoms with Crippen molar-refractivity contribution in [2.45, 2.75) is 43.4 Å². The van der Waals surface area contributed by atoms with Crippen molar-refractivity contribution < 1.29 is 19.0 Å². The number of aromatic nitrogens is 1. The van der Waals surface area contributed by atoms with Gasteiger partial charge in [0.25, 0.3) is 0 Å². The van der Waals surface area contributed by atoms with Gasteiger partial charge in [0, 0.05) is 39.4 Å². The summed E-state index contributed by atoms with van der Waals surface area (Å²) in [5.74, 6) is 0.657. The van der Waals surface area contributed by atoms with E-state index in [-0.39, 0.29) is 30.3 Å². The number of likely N-dealkylation sites (tertiary alicyclic amines) is 1. The number of fused-ring (bicyclic) bond motifs is 1. The highest BCUT2D eigenvalue weighted by molar-refractivity contribution is 5.78. The SMILES string of the molecule is COCC(=O)N1CC[C@]2(OC)CC[C@@H](Oc3ccccn3)C[C@H]12. The number of amides is 1. The van der Waals surface area contributed by atoms with Crippen molar-refractivity contribution in [2.24, 2.45) is 0 Å². The van der Waals surface area contributed by atoms with Crippen LogP contribution >= 0.6 is 0 Å². The fourth-order valence-electron chi connectivity index (χ4n) is 3.86.